The van der Waals surface area contributed by atoms with E-state index in [1.165, 1.54) is 12.1 Å². The van der Waals surface area contributed by atoms with E-state index in [9.17, 15) is 14.0 Å². The lowest BCUT2D eigenvalue weighted by molar-refractivity contribution is 0.0696. The molecule has 1 unspecified atom stereocenters. The number of nitrogens with one attached hydrogen (secondary N) is 2. The number of urea groups is 1. The van der Waals surface area contributed by atoms with Crippen molar-refractivity contribution in [1.82, 2.24) is 5.32 Å². The van der Waals surface area contributed by atoms with Gasteiger partial charge in [0.1, 0.15) is 5.82 Å². The van der Waals surface area contributed by atoms with Crippen LogP contribution in [-0.4, -0.2) is 35.2 Å². The smallest absolute Gasteiger partial charge is 0.335 e. The van der Waals surface area contributed by atoms with Gasteiger partial charge in [-0.2, -0.15) is 11.8 Å². The minimum Gasteiger partial charge on any atom is -0.478 e. The number of carbonyl (C=O) groups excluding carboxylic acids is 1. The minimum absolute atomic E-state index is 0.0340. The van der Waals surface area contributed by atoms with E-state index >= 15 is 0 Å². The number of amides is 2. The minimum atomic E-state index is -1.21. The monoisotopic (exact) mass is 298 g/mol. The Labute approximate surface area is 119 Å². The third-order valence-electron chi connectivity index (χ3n) is 3.04. The number of hydrogen-bond donors (Lipinski definition) is 3. The van der Waals surface area contributed by atoms with Gasteiger partial charge in [-0.3, -0.25) is 0 Å². The van der Waals surface area contributed by atoms with E-state index in [0.29, 0.717) is 12.5 Å². The standard InChI is InChI=1S/C13H15FN2O3S/c14-10-5-9(12(17)18)1-2-11(10)16-13(19)15-6-8-3-4-20-7-8/h1-2,5,8H,3-4,6-7H2,(H,17,18)(H2,15,16,19). The van der Waals surface area contributed by atoms with Gasteiger partial charge >= 0.3 is 12.0 Å². The molecule has 1 aromatic carbocycles. The maximum Gasteiger partial charge on any atom is 0.335 e. The lowest BCUT2D eigenvalue weighted by Crippen LogP contribution is -2.33. The summed E-state index contributed by atoms with van der Waals surface area (Å²) in [6.45, 7) is 0.563. The van der Waals surface area contributed by atoms with E-state index in [2.05, 4.69) is 10.6 Å². The first-order chi connectivity index (χ1) is 9.56. The van der Waals surface area contributed by atoms with Crippen LogP contribution in [0.2, 0.25) is 0 Å². The van der Waals surface area contributed by atoms with Crippen LogP contribution in [0.3, 0.4) is 0 Å². The highest BCUT2D eigenvalue weighted by molar-refractivity contribution is 7.99. The molecule has 108 valence electrons. The van der Waals surface area contributed by atoms with Crippen LogP contribution in [0, 0.1) is 11.7 Å². The van der Waals surface area contributed by atoms with Crippen molar-refractivity contribution in [3.8, 4) is 0 Å². The molecule has 1 heterocycles. The summed E-state index contributed by atoms with van der Waals surface area (Å²) in [4.78, 5) is 22.3. The normalized spacial score (nSPS) is 17.8. The van der Waals surface area contributed by atoms with Gasteiger partial charge in [0.15, 0.2) is 0 Å². The van der Waals surface area contributed by atoms with Crippen LogP contribution in [0.4, 0.5) is 14.9 Å². The van der Waals surface area contributed by atoms with Crippen molar-refractivity contribution < 1.29 is 19.1 Å². The summed E-state index contributed by atoms with van der Waals surface area (Å²) < 4.78 is 13.6. The van der Waals surface area contributed by atoms with Crippen LogP contribution in [0.5, 0.6) is 0 Å². The second kappa shape index (κ2) is 6.60. The number of anilines is 1. The van der Waals surface area contributed by atoms with Gasteiger partial charge in [-0.1, -0.05) is 0 Å². The first kappa shape index (κ1) is 14.6. The molecule has 3 N–H and O–H groups in total. The molecule has 1 fully saturated rings. The van der Waals surface area contributed by atoms with E-state index in [4.69, 9.17) is 5.11 Å². The largest absolute Gasteiger partial charge is 0.478 e. The Bertz CT molecular complexity index is 518. The molecule has 0 radical (unpaired) electrons. The van der Waals surface area contributed by atoms with Crippen LogP contribution in [0.25, 0.3) is 0 Å². The second-order valence-electron chi connectivity index (χ2n) is 4.56. The molecule has 20 heavy (non-hydrogen) atoms. The molecule has 1 aliphatic rings. The number of carboxylic acid groups (broad SMARTS) is 1. The Kier molecular flexibility index (Phi) is 4.84. The van der Waals surface area contributed by atoms with Gasteiger partial charge in [0.05, 0.1) is 11.3 Å². The van der Waals surface area contributed by atoms with E-state index in [-0.39, 0.29) is 11.3 Å². The number of halogens is 1. The Morgan fingerprint density at radius 2 is 2.25 bits per heavy atom. The summed E-state index contributed by atoms with van der Waals surface area (Å²) in [6, 6.07) is 2.88. The highest BCUT2D eigenvalue weighted by Gasteiger charge is 2.16. The number of hydrogen-bond acceptors (Lipinski definition) is 3. The van der Waals surface area contributed by atoms with E-state index < -0.39 is 17.8 Å². The van der Waals surface area contributed by atoms with Crippen molar-refractivity contribution in [1.29, 1.82) is 0 Å². The molecule has 2 amide bonds. The molecule has 7 heteroatoms. The van der Waals surface area contributed by atoms with Gasteiger partial charge in [0, 0.05) is 6.54 Å². The molecular formula is C13H15FN2O3S. The topological polar surface area (TPSA) is 78.4 Å². The zero-order valence-corrected chi connectivity index (χ0v) is 11.5. The molecule has 0 bridgehead atoms. The lowest BCUT2D eigenvalue weighted by atomic mass is 10.1. The summed E-state index contributed by atoms with van der Waals surface area (Å²) >= 11 is 1.86. The van der Waals surface area contributed by atoms with Crippen molar-refractivity contribution in [3.05, 3.63) is 29.6 Å². The molecule has 0 aliphatic carbocycles. The fraction of sp³-hybridized carbons (Fsp3) is 0.385. The molecule has 0 spiro atoms. The summed E-state index contributed by atoms with van der Waals surface area (Å²) in [5.74, 6) is 0.626. The van der Waals surface area contributed by atoms with Crippen molar-refractivity contribution in [2.75, 3.05) is 23.4 Å². The number of carboxylic acids is 1. The highest BCUT2D eigenvalue weighted by Crippen LogP contribution is 2.22. The van der Waals surface area contributed by atoms with Crippen molar-refractivity contribution in [2.24, 2.45) is 5.92 Å². The average Bonchev–Trinajstić information content (AvgIpc) is 2.91. The van der Waals surface area contributed by atoms with Crippen LogP contribution in [-0.2, 0) is 0 Å². The molecular weight excluding hydrogens is 283 g/mol. The quantitative estimate of drug-likeness (QED) is 0.797. The van der Waals surface area contributed by atoms with Gasteiger partial charge in [-0.15, -0.1) is 0 Å². The zero-order chi connectivity index (χ0) is 14.5. The molecule has 5 nitrogen and oxygen atoms in total. The summed E-state index contributed by atoms with van der Waals surface area (Å²) in [5, 5.41) is 13.8. The summed E-state index contributed by atoms with van der Waals surface area (Å²) in [7, 11) is 0. The van der Waals surface area contributed by atoms with Gasteiger partial charge in [-0.25, -0.2) is 14.0 Å². The Morgan fingerprint density at radius 1 is 1.45 bits per heavy atom. The van der Waals surface area contributed by atoms with Crippen molar-refractivity contribution in [3.63, 3.8) is 0 Å². The summed E-state index contributed by atoms with van der Waals surface area (Å²) in [6.07, 6.45) is 1.08. The molecule has 1 saturated heterocycles. The first-order valence-corrected chi connectivity index (χ1v) is 7.37. The van der Waals surface area contributed by atoms with Crippen LogP contribution >= 0.6 is 11.8 Å². The maximum absolute atomic E-state index is 13.6. The Morgan fingerprint density at radius 3 is 2.85 bits per heavy atom. The van der Waals surface area contributed by atoms with Crippen LogP contribution in [0.15, 0.2) is 18.2 Å². The second-order valence-corrected chi connectivity index (χ2v) is 5.71. The van der Waals surface area contributed by atoms with Crippen molar-refractivity contribution in [2.45, 2.75) is 6.42 Å². The van der Waals surface area contributed by atoms with Gasteiger partial charge in [-0.05, 0) is 42.0 Å². The van der Waals surface area contributed by atoms with E-state index in [1.807, 2.05) is 11.8 Å². The predicted octanol–water partition coefficient (Wildman–Crippen LogP) is 2.40. The predicted molar refractivity (Wildman–Crippen MR) is 75.8 cm³/mol. The maximum atomic E-state index is 13.6. The zero-order valence-electron chi connectivity index (χ0n) is 10.7. The molecule has 0 aromatic heterocycles. The molecule has 0 saturated carbocycles. The molecule has 1 aliphatic heterocycles. The number of aromatic carboxylic acids is 1. The molecule has 1 atom stereocenters. The fourth-order valence-electron chi connectivity index (χ4n) is 1.90. The van der Waals surface area contributed by atoms with E-state index in [0.717, 1.165) is 24.0 Å². The summed E-state index contributed by atoms with van der Waals surface area (Å²) in [5.41, 5.74) is -0.190. The van der Waals surface area contributed by atoms with Crippen LogP contribution < -0.4 is 10.6 Å². The number of thioether (sulfide) groups is 1. The molecule has 2 rings (SSSR count). The Hall–Kier alpha value is -1.76. The lowest BCUT2D eigenvalue weighted by Gasteiger charge is -2.11. The van der Waals surface area contributed by atoms with Gasteiger partial charge < -0.3 is 15.7 Å². The van der Waals surface area contributed by atoms with Crippen molar-refractivity contribution >= 4 is 29.4 Å². The third kappa shape index (κ3) is 3.86. The number of rotatable bonds is 4. The molecule has 1 aromatic rings. The first-order valence-electron chi connectivity index (χ1n) is 6.21. The average molecular weight is 298 g/mol. The third-order valence-corrected chi connectivity index (χ3v) is 4.27. The van der Waals surface area contributed by atoms with E-state index in [1.54, 1.807) is 0 Å². The Balaban J connectivity index is 1.88. The number of carbonyl (C=O) groups is 2. The highest BCUT2D eigenvalue weighted by atomic mass is 32.2. The van der Waals surface area contributed by atoms with Crippen LogP contribution in [0.1, 0.15) is 16.8 Å². The fourth-order valence-corrected chi connectivity index (χ4v) is 3.18. The van der Waals surface area contributed by atoms with Gasteiger partial charge in [0.2, 0.25) is 0 Å². The SMILES string of the molecule is O=C(NCC1CCSC1)Nc1ccc(C(=O)O)cc1F. The number of benzene rings is 1. The van der Waals surface area contributed by atoms with Gasteiger partial charge in [0.25, 0.3) is 0 Å².